The fourth-order valence-electron chi connectivity index (χ4n) is 7.61. The molecule has 0 bridgehead atoms. The van der Waals surface area contributed by atoms with Crippen molar-refractivity contribution in [2.75, 3.05) is 4.90 Å². The number of hydrogen-bond acceptors (Lipinski definition) is 5. The molecular formula is C44H30N6. The van der Waals surface area contributed by atoms with Gasteiger partial charge in [-0.25, -0.2) is 9.97 Å². The number of aromatic nitrogens is 4. The zero-order valence-electron chi connectivity index (χ0n) is 27.0. The first-order chi connectivity index (χ1) is 24.8. The molecule has 6 heteroatoms. The second-order valence-corrected chi connectivity index (χ2v) is 12.7. The van der Waals surface area contributed by atoms with Gasteiger partial charge in [-0.3, -0.25) is 9.98 Å². The zero-order chi connectivity index (χ0) is 33.0. The Kier molecular flexibility index (Phi) is 6.52. The number of aliphatic imine (C=N–C) groups is 1. The maximum atomic E-state index is 5.07. The van der Waals surface area contributed by atoms with Crippen LogP contribution in [-0.4, -0.2) is 31.8 Å². The minimum absolute atomic E-state index is 0.220. The second-order valence-electron chi connectivity index (χ2n) is 12.7. The molecule has 0 fully saturated rings. The lowest BCUT2D eigenvalue weighted by molar-refractivity contribution is 0.780. The summed E-state index contributed by atoms with van der Waals surface area (Å²) in [6.07, 6.45) is 9.97. The molecule has 0 radical (unpaired) electrons. The molecule has 8 aromatic rings. The van der Waals surface area contributed by atoms with E-state index in [0.29, 0.717) is 0 Å². The highest BCUT2D eigenvalue weighted by Crippen LogP contribution is 2.46. The first-order valence-corrected chi connectivity index (χ1v) is 16.9. The standard InChI is InChI=1S/C44H30N6/c1-3-13-41-33(7-1)35-23-25-46-28-44(35)50(41)32-21-17-30(18-22-32)38-10-6-12-40(48-38)39-11-5-9-37(47-39)29-15-19-31(20-16-29)49-42-14-4-2-8-34(42)36-27-45-26-24-43(36)49/h1-28,36,43H. The summed E-state index contributed by atoms with van der Waals surface area (Å²) < 4.78 is 2.27. The van der Waals surface area contributed by atoms with Crippen molar-refractivity contribution in [2.45, 2.75) is 12.0 Å². The predicted molar refractivity (Wildman–Crippen MR) is 203 cm³/mol. The molecule has 0 saturated carbocycles. The van der Waals surface area contributed by atoms with Crippen LogP contribution in [0, 0.1) is 0 Å². The van der Waals surface area contributed by atoms with E-state index in [1.807, 2.05) is 30.7 Å². The number of anilines is 2. The van der Waals surface area contributed by atoms with Crippen LogP contribution in [0.5, 0.6) is 0 Å². The third-order valence-corrected chi connectivity index (χ3v) is 9.94. The fourth-order valence-corrected chi connectivity index (χ4v) is 7.61. The van der Waals surface area contributed by atoms with E-state index in [0.717, 1.165) is 56.3 Å². The van der Waals surface area contributed by atoms with Crippen molar-refractivity contribution < 1.29 is 0 Å². The van der Waals surface area contributed by atoms with Gasteiger partial charge in [0.25, 0.3) is 0 Å². The van der Waals surface area contributed by atoms with Crippen molar-refractivity contribution in [1.29, 1.82) is 0 Å². The van der Waals surface area contributed by atoms with Crippen LogP contribution in [0.3, 0.4) is 0 Å². The Balaban J connectivity index is 0.936. The molecule has 0 spiro atoms. The van der Waals surface area contributed by atoms with E-state index >= 15 is 0 Å². The highest BCUT2D eigenvalue weighted by Gasteiger charge is 2.37. The third kappa shape index (κ3) is 4.57. The molecule has 50 heavy (non-hydrogen) atoms. The van der Waals surface area contributed by atoms with Gasteiger partial charge >= 0.3 is 0 Å². The third-order valence-electron chi connectivity index (χ3n) is 9.94. The van der Waals surface area contributed by atoms with Crippen molar-refractivity contribution in [1.82, 2.24) is 19.5 Å². The van der Waals surface area contributed by atoms with E-state index in [4.69, 9.17) is 9.97 Å². The molecule has 2 aliphatic rings. The lowest BCUT2D eigenvalue weighted by Gasteiger charge is -2.28. The quantitative estimate of drug-likeness (QED) is 0.187. The van der Waals surface area contributed by atoms with Gasteiger partial charge in [0.15, 0.2) is 0 Å². The van der Waals surface area contributed by atoms with Crippen LogP contribution >= 0.6 is 0 Å². The van der Waals surface area contributed by atoms with Crippen LogP contribution in [0.4, 0.5) is 11.4 Å². The number of nitrogens with zero attached hydrogens (tertiary/aromatic N) is 6. The van der Waals surface area contributed by atoms with Crippen molar-refractivity contribution in [3.63, 3.8) is 0 Å². The molecule has 2 unspecified atom stereocenters. The Morgan fingerprint density at radius 2 is 1.16 bits per heavy atom. The van der Waals surface area contributed by atoms with E-state index in [-0.39, 0.29) is 12.0 Å². The van der Waals surface area contributed by atoms with Gasteiger partial charge in [-0.2, -0.15) is 0 Å². The van der Waals surface area contributed by atoms with Gasteiger partial charge in [-0.1, -0.05) is 72.8 Å². The normalized spacial score (nSPS) is 16.2. The van der Waals surface area contributed by atoms with E-state index in [2.05, 4.69) is 159 Å². The molecule has 2 aliphatic heterocycles. The summed E-state index contributed by atoms with van der Waals surface area (Å²) in [5.74, 6) is 0.257. The monoisotopic (exact) mass is 642 g/mol. The Hall–Kier alpha value is -6.66. The van der Waals surface area contributed by atoms with Crippen molar-refractivity contribution in [3.05, 3.63) is 170 Å². The van der Waals surface area contributed by atoms with Crippen molar-refractivity contribution in [3.8, 4) is 39.6 Å². The number of fused-ring (bicyclic) bond motifs is 6. The number of pyridine rings is 3. The summed E-state index contributed by atoms with van der Waals surface area (Å²) in [5, 5.41) is 2.42. The van der Waals surface area contributed by atoms with Gasteiger partial charge in [0, 0.05) is 63.5 Å². The SMILES string of the molecule is C1=CC2C(C=N1)c1ccccc1N2c1ccc(-c2cccc(-c3cccc(-c4ccc(-n5c6ccccc6c6ccncc65)cc4)n3)n2)cc1. The molecular weight excluding hydrogens is 613 g/mol. The molecule has 6 nitrogen and oxygen atoms in total. The molecule has 0 N–H and O–H groups in total. The van der Waals surface area contributed by atoms with Crippen LogP contribution < -0.4 is 4.90 Å². The molecule has 4 aromatic heterocycles. The van der Waals surface area contributed by atoms with Crippen LogP contribution in [0.25, 0.3) is 61.4 Å². The highest BCUT2D eigenvalue weighted by atomic mass is 15.2. The van der Waals surface area contributed by atoms with Gasteiger partial charge in [-0.15, -0.1) is 0 Å². The number of para-hydroxylation sites is 2. The largest absolute Gasteiger partial charge is 0.333 e. The van der Waals surface area contributed by atoms with E-state index in [1.165, 1.54) is 22.0 Å². The topological polar surface area (TPSA) is 59.2 Å². The maximum absolute atomic E-state index is 5.07. The smallest absolute Gasteiger partial charge is 0.0893 e. The van der Waals surface area contributed by atoms with Gasteiger partial charge in [0.05, 0.1) is 46.0 Å². The molecule has 0 amide bonds. The van der Waals surface area contributed by atoms with Crippen LogP contribution in [0.2, 0.25) is 0 Å². The Morgan fingerprint density at radius 3 is 1.92 bits per heavy atom. The Morgan fingerprint density at radius 1 is 0.520 bits per heavy atom. The fraction of sp³-hybridized carbons (Fsp3) is 0.0455. The van der Waals surface area contributed by atoms with Gasteiger partial charge in [-0.05, 0) is 78.4 Å². The Labute approximate surface area is 289 Å². The van der Waals surface area contributed by atoms with E-state index in [1.54, 1.807) is 0 Å². The van der Waals surface area contributed by atoms with E-state index in [9.17, 15) is 0 Å². The number of hydrogen-bond donors (Lipinski definition) is 0. The molecule has 6 heterocycles. The maximum Gasteiger partial charge on any atom is 0.0893 e. The number of benzene rings is 4. The van der Waals surface area contributed by atoms with Crippen LogP contribution in [0.15, 0.2) is 169 Å². The lowest BCUT2D eigenvalue weighted by atomic mass is 9.95. The first kappa shape index (κ1) is 28.4. The summed E-state index contributed by atoms with van der Waals surface area (Å²) in [6.45, 7) is 0. The molecule has 0 saturated heterocycles. The lowest BCUT2D eigenvalue weighted by Crippen LogP contribution is -2.29. The summed E-state index contributed by atoms with van der Waals surface area (Å²) >= 11 is 0. The van der Waals surface area contributed by atoms with E-state index < -0.39 is 0 Å². The summed E-state index contributed by atoms with van der Waals surface area (Å²) in [6, 6.07) is 49.0. The van der Waals surface area contributed by atoms with Crippen LogP contribution in [0.1, 0.15) is 11.5 Å². The van der Waals surface area contributed by atoms with Gasteiger partial charge in [0.2, 0.25) is 0 Å². The number of rotatable bonds is 5. The van der Waals surface area contributed by atoms with Gasteiger partial charge in [0.1, 0.15) is 0 Å². The summed E-state index contributed by atoms with van der Waals surface area (Å²) in [7, 11) is 0. The molecule has 10 rings (SSSR count). The minimum Gasteiger partial charge on any atom is -0.333 e. The molecule has 0 aliphatic carbocycles. The molecule has 2 atom stereocenters. The molecule has 236 valence electrons. The first-order valence-electron chi connectivity index (χ1n) is 16.9. The highest BCUT2D eigenvalue weighted by molar-refractivity contribution is 6.08. The molecule has 4 aromatic carbocycles. The van der Waals surface area contributed by atoms with Crippen molar-refractivity contribution in [2.24, 2.45) is 4.99 Å². The van der Waals surface area contributed by atoms with Crippen LogP contribution in [-0.2, 0) is 0 Å². The summed E-state index contributed by atoms with van der Waals surface area (Å²) in [5.41, 5.74) is 12.6. The average Bonchev–Trinajstić information content (AvgIpc) is 3.71. The van der Waals surface area contributed by atoms with Gasteiger partial charge < -0.3 is 9.47 Å². The minimum atomic E-state index is 0.220. The second kappa shape index (κ2) is 11.5. The zero-order valence-corrected chi connectivity index (χ0v) is 27.0. The summed E-state index contributed by atoms with van der Waals surface area (Å²) in [4.78, 5) is 21.4. The Bertz CT molecular complexity index is 2560. The average molecular weight is 643 g/mol. The predicted octanol–water partition coefficient (Wildman–Crippen LogP) is 10.2. The van der Waals surface area contributed by atoms with Crippen molar-refractivity contribution >= 4 is 39.4 Å².